The normalized spacial score (nSPS) is 15.1. The average Bonchev–Trinajstić information content (AvgIpc) is 2.51. The van der Waals surface area contributed by atoms with Gasteiger partial charge in [0.05, 0.1) is 0 Å². The summed E-state index contributed by atoms with van der Waals surface area (Å²) in [5.41, 5.74) is 2.42. The van der Waals surface area contributed by atoms with Crippen LogP contribution < -0.4 is 10.2 Å². The monoisotopic (exact) mass is 219 g/mol. The van der Waals surface area contributed by atoms with E-state index >= 15 is 0 Å². The van der Waals surface area contributed by atoms with Crippen LogP contribution in [0.2, 0.25) is 0 Å². The zero-order chi connectivity index (χ0) is 11.5. The van der Waals surface area contributed by atoms with Gasteiger partial charge in [0, 0.05) is 32.6 Å². The molecule has 1 amide bonds. The number of hydrogen-bond donors (Lipinski definition) is 1. The van der Waals surface area contributed by atoms with Crippen LogP contribution in [0.3, 0.4) is 0 Å². The first-order valence-electron chi connectivity index (χ1n) is 5.62. The Hall–Kier alpha value is -1.42. The van der Waals surface area contributed by atoms with Crippen molar-refractivity contribution < 1.29 is 4.79 Å². The molecule has 1 aromatic rings. The van der Waals surface area contributed by atoms with Crippen molar-refractivity contribution in [3.63, 3.8) is 0 Å². The van der Waals surface area contributed by atoms with E-state index in [1.54, 1.807) is 18.9 Å². The molecular formula is C12H17N3O. The van der Waals surface area contributed by atoms with Crippen molar-refractivity contribution in [2.75, 3.05) is 25.0 Å². The van der Waals surface area contributed by atoms with E-state index in [1.807, 2.05) is 6.07 Å². The molecule has 0 aromatic carbocycles. The molecule has 0 saturated heterocycles. The Morgan fingerprint density at radius 1 is 1.38 bits per heavy atom. The lowest BCUT2D eigenvalue weighted by atomic mass is 10.1. The molecule has 2 heterocycles. The van der Waals surface area contributed by atoms with E-state index in [-0.39, 0.29) is 5.91 Å². The predicted molar refractivity (Wildman–Crippen MR) is 63.6 cm³/mol. The quantitative estimate of drug-likeness (QED) is 0.758. The number of pyridine rings is 1. The number of anilines is 1. The highest BCUT2D eigenvalue weighted by Crippen LogP contribution is 2.16. The Bertz CT molecular complexity index is 403. The van der Waals surface area contributed by atoms with E-state index < -0.39 is 0 Å². The number of fused-ring (bicyclic) bond motifs is 1. The third-order valence-electron chi connectivity index (χ3n) is 2.98. The highest BCUT2D eigenvalue weighted by Gasteiger charge is 2.12. The Morgan fingerprint density at radius 3 is 2.88 bits per heavy atom. The molecule has 4 nitrogen and oxygen atoms in total. The maximum Gasteiger partial charge on any atom is 0.224 e. The minimum atomic E-state index is 0.0131. The van der Waals surface area contributed by atoms with Gasteiger partial charge in [0.1, 0.15) is 5.82 Å². The minimum Gasteiger partial charge on any atom is -0.316 e. The molecule has 16 heavy (non-hydrogen) atoms. The van der Waals surface area contributed by atoms with Crippen molar-refractivity contribution >= 4 is 11.7 Å². The number of nitrogens with one attached hydrogen (secondary N) is 1. The standard InChI is InChI=1S/C12H17N3O/c1-9(16)15(2)12-4-3-10-5-7-13-8-6-11(10)14-12/h3-4,13H,5-8H2,1-2H3. The van der Waals surface area contributed by atoms with Crippen molar-refractivity contribution in [3.05, 3.63) is 23.4 Å². The average molecular weight is 219 g/mol. The topological polar surface area (TPSA) is 45.2 Å². The first-order chi connectivity index (χ1) is 7.68. The van der Waals surface area contributed by atoms with E-state index in [0.29, 0.717) is 0 Å². The Kier molecular flexibility index (Phi) is 3.19. The van der Waals surface area contributed by atoms with Gasteiger partial charge in [-0.25, -0.2) is 4.98 Å². The van der Waals surface area contributed by atoms with E-state index in [4.69, 9.17) is 0 Å². The second-order valence-electron chi connectivity index (χ2n) is 4.10. The van der Waals surface area contributed by atoms with E-state index in [1.165, 1.54) is 5.56 Å². The molecular weight excluding hydrogens is 202 g/mol. The zero-order valence-corrected chi connectivity index (χ0v) is 9.79. The van der Waals surface area contributed by atoms with Crippen LogP contribution >= 0.6 is 0 Å². The maximum atomic E-state index is 11.3. The second kappa shape index (κ2) is 4.61. The Morgan fingerprint density at radius 2 is 2.12 bits per heavy atom. The molecule has 0 aliphatic carbocycles. The molecule has 0 spiro atoms. The molecule has 1 aliphatic rings. The third-order valence-corrected chi connectivity index (χ3v) is 2.98. The van der Waals surface area contributed by atoms with Gasteiger partial charge in [-0.3, -0.25) is 4.79 Å². The largest absolute Gasteiger partial charge is 0.316 e. The lowest BCUT2D eigenvalue weighted by Crippen LogP contribution is -2.24. The summed E-state index contributed by atoms with van der Waals surface area (Å²) in [5.74, 6) is 0.757. The number of hydrogen-bond acceptors (Lipinski definition) is 3. The molecule has 0 atom stereocenters. The summed E-state index contributed by atoms with van der Waals surface area (Å²) < 4.78 is 0. The number of nitrogens with zero attached hydrogens (tertiary/aromatic N) is 2. The van der Waals surface area contributed by atoms with Crippen molar-refractivity contribution in [2.45, 2.75) is 19.8 Å². The third kappa shape index (κ3) is 2.22. The lowest BCUT2D eigenvalue weighted by molar-refractivity contribution is -0.116. The summed E-state index contributed by atoms with van der Waals surface area (Å²) in [6, 6.07) is 4.01. The summed E-state index contributed by atoms with van der Waals surface area (Å²) in [7, 11) is 1.76. The summed E-state index contributed by atoms with van der Waals surface area (Å²) in [6.07, 6.45) is 1.96. The fraction of sp³-hybridized carbons (Fsp3) is 0.500. The number of amides is 1. The second-order valence-corrected chi connectivity index (χ2v) is 4.10. The molecule has 0 fully saturated rings. The molecule has 1 N–H and O–H groups in total. The highest BCUT2D eigenvalue weighted by molar-refractivity contribution is 5.89. The Labute approximate surface area is 95.7 Å². The van der Waals surface area contributed by atoms with Crippen LogP contribution in [0.4, 0.5) is 5.82 Å². The SMILES string of the molecule is CC(=O)N(C)c1ccc2c(n1)CCNCC2. The smallest absolute Gasteiger partial charge is 0.224 e. The van der Waals surface area contributed by atoms with Gasteiger partial charge in [-0.1, -0.05) is 6.07 Å². The van der Waals surface area contributed by atoms with Crippen LogP contribution in [-0.4, -0.2) is 31.0 Å². The van der Waals surface area contributed by atoms with Crippen molar-refractivity contribution in [2.24, 2.45) is 0 Å². The fourth-order valence-electron chi connectivity index (χ4n) is 1.87. The summed E-state index contributed by atoms with van der Waals surface area (Å²) >= 11 is 0. The molecule has 1 aliphatic heterocycles. The number of aromatic nitrogens is 1. The van der Waals surface area contributed by atoms with Crippen LogP contribution in [-0.2, 0) is 17.6 Å². The lowest BCUT2D eigenvalue weighted by Gasteiger charge is -2.15. The summed E-state index contributed by atoms with van der Waals surface area (Å²) in [5, 5.41) is 3.35. The van der Waals surface area contributed by atoms with Gasteiger partial charge in [-0.2, -0.15) is 0 Å². The summed E-state index contributed by atoms with van der Waals surface area (Å²) in [4.78, 5) is 17.4. The molecule has 86 valence electrons. The van der Waals surface area contributed by atoms with Crippen molar-refractivity contribution in [3.8, 4) is 0 Å². The molecule has 4 heteroatoms. The number of carbonyl (C=O) groups is 1. The van der Waals surface area contributed by atoms with Gasteiger partial charge in [-0.05, 0) is 24.6 Å². The molecule has 2 rings (SSSR count). The molecule has 0 unspecified atom stereocenters. The molecule has 0 saturated carbocycles. The van der Waals surface area contributed by atoms with Gasteiger partial charge in [0.2, 0.25) is 5.91 Å². The molecule has 1 aromatic heterocycles. The van der Waals surface area contributed by atoms with Gasteiger partial charge in [0.25, 0.3) is 0 Å². The van der Waals surface area contributed by atoms with Crippen LogP contribution in [0.15, 0.2) is 12.1 Å². The first kappa shape index (κ1) is 11.1. The van der Waals surface area contributed by atoms with Gasteiger partial charge >= 0.3 is 0 Å². The first-order valence-corrected chi connectivity index (χ1v) is 5.62. The Balaban J connectivity index is 2.30. The van der Waals surface area contributed by atoms with Crippen LogP contribution in [0.25, 0.3) is 0 Å². The zero-order valence-electron chi connectivity index (χ0n) is 9.79. The van der Waals surface area contributed by atoms with Gasteiger partial charge in [0.15, 0.2) is 0 Å². The van der Waals surface area contributed by atoms with E-state index in [9.17, 15) is 4.79 Å². The molecule has 0 bridgehead atoms. The maximum absolute atomic E-state index is 11.3. The van der Waals surface area contributed by atoms with Gasteiger partial charge in [-0.15, -0.1) is 0 Å². The van der Waals surface area contributed by atoms with Gasteiger partial charge < -0.3 is 10.2 Å². The predicted octanol–water partition coefficient (Wildman–Crippen LogP) is 0.752. The molecule has 0 radical (unpaired) electrons. The number of carbonyl (C=O) groups excluding carboxylic acids is 1. The van der Waals surface area contributed by atoms with Crippen LogP contribution in [0.5, 0.6) is 0 Å². The minimum absolute atomic E-state index is 0.0131. The van der Waals surface area contributed by atoms with E-state index in [2.05, 4.69) is 16.4 Å². The van der Waals surface area contributed by atoms with Crippen molar-refractivity contribution in [1.29, 1.82) is 0 Å². The summed E-state index contributed by atoms with van der Waals surface area (Å²) in [6.45, 7) is 3.53. The number of rotatable bonds is 1. The van der Waals surface area contributed by atoms with Crippen molar-refractivity contribution in [1.82, 2.24) is 10.3 Å². The fourth-order valence-corrected chi connectivity index (χ4v) is 1.87. The van der Waals surface area contributed by atoms with E-state index in [0.717, 1.165) is 37.4 Å². The highest BCUT2D eigenvalue weighted by atomic mass is 16.2. The van der Waals surface area contributed by atoms with Crippen LogP contribution in [0, 0.1) is 0 Å². The van der Waals surface area contributed by atoms with Crippen LogP contribution in [0.1, 0.15) is 18.2 Å².